The van der Waals surface area contributed by atoms with E-state index in [2.05, 4.69) is 6.07 Å². The van der Waals surface area contributed by atoms with Crippen LogP contribution in [0.1, 0.15) is 17.0 Å². The predicted molar refractivity (Wildman–Crippen MR) is 113 cm³/mol. The molecule has 0 aliphatic rings. The van der Waals surface area contributed by atoms with Crippen molar-refractivity contribution < 1.29 is 4.74 Å². The van der Waals surface area contributed by atoms with Crippen molar-refractivity contribution in [3.63, 3.8) is 0 Å². The first-order valence-corrected chi connectivity index (χ1v) is 10.5. The zero-order valence-electron chi connectivity index (χ0n) is 15.2. The SMILES string of the molecule is COCCc1nc2scc(-c3cccs3)c2c(=O)n1Cc1cccc(C#N)c1. The van der Waals surface area contributed by atoms with Gasteiger partial charge in [-0.05, 0) is 29.1 Å². The summed E-state index contributed by atoms with van der Waals surface area (Å²) in [6.07, 6.45) is 0.547. The number of rotatable bonds is 6. The Balaban J connectivity index is 1.88. The Morgan fingerprint density at radius 1 is 1.25 bits per heavy atom. The lowest BCUT2D eigenvalue weighted by atomic mass is 10.1. The molecule has 0 unspecified atom stereocenters. The van der Waals surface area contributed by atoms with E-state index in [1.807, 2.05) is 41.1 Å². The van der Waals surface area contributed by atoms with Crippen molar-refractivity contribution in [2.24, 2.45) is 0 Å². The van der Waals surface area contributed by atoms with Crippen molar-refractivity contribution in [2.75, 3.05) is 13.7 Å². The van der Waals surface area contributed by atoms with Crippen LogP contribution >= 0.6 is 22.7 Å². The van der Waals surface area contributed by atoms with Gasteiger partial charge in [-0.2, -0.15) is 5.26 Å². The number of thiophene rings is 2. The van der Waals surface area contributed by atoms with Gasteiger partial charge in [0.2, 0.25) is 0 Å². The summed E-state index contributed by atoms with van der Waals surface area (Å²) in [5.74, 6) is 0.696. The van der Waals surface area contributed by atoms with Gasteiger partial charge in [-0.15, -0.1) is 22.7 Å². The normalized spacial score (nSPS) is 11.0. The van der Waals surface area contributed by atoms with Crippen LogP contribution in [0.4, 0.5) is 0 Å². The Morgan fingerprint density at radius 2 is 2.14 bits per heavy atom. The van der Waals surface area contributed by atoms with E-state index in [1.165, 1.54) is 11.3 Å². The molecule has 0 aliphatic heterocycles. The molecule has 0 atom stereocenters. The minimum atomic E-state index is -0.0527. The van der Waals surface area contributed by atoms with E-state index < -0.39 is 0 Å². The molecule has 3 aromatic heterocycles. The fraction of sp³-hybridized carbons (Fsp3) is 0.190. The molecular formula is C21H17N3O2S2. The third kappa shape index (κ3) is 3.50. The number of fused-ring (bicyclic) bond motifs is 1. The quantitative estimate of drug-likeness (QED) is 0.478. The number of nitrogens with zero attached hydrogens (tertiary/aromatic N) is 3. The van der Waals surface area contributed by atoms with E-state index in [0.29, 0.717) is 36.3 Å². The summed E-state index contributed by atoms with van der Waals surface area (Å²) in [6, 6.07) is 13.5. The van der Waals surface area contributed by atoms with Gasteiger partial charge in [-0.1, -0.05) is 18.2 Å². The number of hydrogen-bond donors (Lipinski definition) is 0. The Bertz CT molecular complexity index is 1220. The number of aromatic nitrogens is 2. The highest BCUT2D eigenvalue weighted by Crippen LogP contribution is 2.33. The van der Waals surface area contributed by atoms with Crippen molar-refractivity contribution in [1.29, 1.82) is 5.26 Å². The average molecular weight is 408 g/mol. The number of nitriles is 1. The summed E-state index contributed by atoms with van der Waals surface area (Å²) in [6.45, 7) is 0.857. The molecule has 0 fully saturated rings. The van der Waals surface area contributed by atoms with Crippen molar-refractivity contribution in [2.45, 2.75) is 13.0 Å². The van der Waals surface area contributed by atoms with E-state index in [0.717, 1.165) is 20.8 Å². The van der Waals surface area contributed by atoms with E-state index in [4.69, 9.17) is 15.0 Å². The first-order chi connectivity index (χ1) is 13.7. The van der Waals surface area contributed by atoms with Gasteiger partial charge in [0.25, 0.3) is 5.56 Å². The number of hydrogen-bond acceptors (Lipinski definition) is 6. The summed E-state index contributed by atoms with van der Waals surface area (Å²) in [5, 5.41) is 13.8. The van der Waals surface area contributed by atoms with Gasteiger partial charge >= 0.3 is 0 Å². The van der Waals surface area contributed by atoms with Gasteiger partial charge in [0.1, 0.15) is 10.7 Å². The third-order valence-electron chi connectivity index (χ3n) is 4.49. The van der Waals surface area contributed by atoms with Crippen molar-refractivity contribution in [1.82, 2.24) is 9.55 Å². The summed E-state index contributed by atoms with van der Waals surface area (Å²) < 4.78 is 6.92. The van der Waals surface area contributed by atoms with Crippen LogP contribution in [0.5, 0.6) is 0 Å². The molecule has 0 spiro atoms. The second-order valence-electron chi connectivity index (χ2n) is 6.28. The lowest BCUT2D eigenvalue weighted by Gasteiger charge is -2.13. The minimum Gasteiger partial charge on any atom is -0.384 e. The molecule has 0 amide bonds. The number of benzene rings is 1. The fourth-order valence-electron chi connectivity index (χ4n) is 3.15. The number of methoxy groups -OCH3 is 1. The van der Waals surface area contributed by atoms with Crippen LogP contribution in [0.15, 0.2) is 52.0 Å². The first kappa shape index (κ1) is 18.6. The fourth-order valence-corrected chi connectivity index (χ4v) is 4.92. The van der Waals surface area contributed by atoms with E-state index >= 15 is 0 Å². The van der Waals surface area contributed by atoms with Gasteiger partial charge in [0, 0.05) is 29.4 Å². The molecule has 140 valence electrons. The monoisotopic (exact) mass is 407 g/mol. The molecule has 0 aliphatic carbocycles. The summed E-state index contributed by atoms with van der Waals surface area (Å²) in [7, 11) is 1.64. The van der Waals surface area contributed by atoms with Crippen LogP contribution in [0.25, 0.3) is 20.7 Å². The summed E-state index contributed by atoms with van der Waals surface area (Å²) in [5.41, 5.74) is 2.36. The highest BCUT2D eigenvalue weighted by atomic mass is 32.1. The van der Waals surface area contributed by atoms with Gasteiger partial charge in [-0.3, -0.25) is 9.36 Å². The van der Waals surface area contributed by atoms with Gasteiger partial charge < -0.3 is 4.74 Å². The second-order valence-corrected chi connectivity index (χ2v) is 8.09. The third-order valence-corrected chi connectivity index (χ3v) is 6.26. The zero-order valence-corrected chi connectivity index (χ0v) is 16.8. The Labute approximate surface area is 170 Å². The smallest absolute Gasteiger partial charge is 0.263 e. The summed E-state index contributed by atoms with van der Waals surface area (Å²) >= 11 is 3.11. The molecular weight excluding hydrogens is 390 g/mol. The van der Waals surface area contributed by atoms with Crippen molar-refractivity contribution >= 4 is 32.9 Å². The second kappa shape index (κ2) is 8.07. The largest absolute Gasteiger partial charge is 0.384 e. The van der Waals surface area contributed by atoms with Crippen LogP contribution in [-0.2, 0) is 17.7 Å². The molecule has 4 aromatic rings. The van der Waals surface area contributed by atoms with E-state index in [-0.39, 0.29) is 5.56 Å². The maximum absolute atomic E-state index is 13.5. The van der Waals surface area contributed by atoms with Crippen LogP contribution in [0.2, 0.25) is 0 Å². The number of ether oxygens (including phenoxy) is 1. The molecule has 0 bridgehead atoms. The molecule has 5 nitrogen and oxygen atoms in total. The maximum Gasteiger partial charge on any atom is 0.263 e. The molecule has 0 saturated carbocycles. The molecule has 28 heavy (non-hydrogen) atoms. The standard InChI is InChI=1S/C21H17N3O2S2/c1-26-8-7-18-23-20-19(16(13-28-20)17-6-3-9-27-17)21(25)24(18)12-15-5-2-4-14(10-15)11-22/h2-6,9-10,13H,7-8,12H2,1H3. The molecule has 3 heterocycles. The lowest BCUT2D eigenvalue weighted by molar-refractivity contribution is 0.199. The van der Waals surface area contributed by atoms with E-state index in [9.17, 15) is 4.79 Å². The Morgan fingerprint density at radius 3 is 2.89 bits per heavy atom. The summed E-state index contributed by atoms with van der Waals surface area (Å²) in [4.78, 5) is 20.1. The Hall–Kier alpha value is -2.79. The minimum absolute atomic E-state index is 0.0527. The molecule has 0 N–H and O–H groups in total. The van der Waals surface area contributed by atoms with Gasteiger partial charge in [0.15, 0.2) is 0 Å². The average Bonchev–Trinajstić information content (AvgIpc) is 3.38. The van der Waals surface area contributed by atoms with Crippen LogP contribution in [-0.4, -0.2) is 23.3 Å². The highest BCUT2D eigenvalue weighted by Gasteiger charge is 2.17. The zero-order chi connectivity index (χ0) is 19.5. The molecule has 4 rings (SSSR count). The first-order valence-electron chi connectivity index (χ1n) is 8.74. The molecule has 1 aromatic carbocycles. The molecule has 0 saturated heterocycles. The molecule has 0 radical (unpaired) electrons. The topological polar surface area (TPSA) is 67.9 Å². The highest BCUT2D eigenvalue weighted by molar-refractivity contribution is 7.18. The van der Waals surface area contributed by atoms with Crippen LogP contribution in [0.3, 0.4) is 0 Å². The van der Waals surface area contributed by atoms with Crippen molar-refractivity contribution in [3.8, 4) is 16.5 Å². The van der Waals surface area contributed by atoms with Gasteiger partial charge in [-0.25, -0.2) is 4.98 Å². The molecule has 7 heteroatoms. The lowest BCUT2D eigenvalue weighted by Crippen LogP contribution is -2.26. The van der Waals surface area contributed by atoms with Crippen molar-refractivity contribution in [3.05, 3.63) is 74.5 Å². The maximum atomic E-state index is 13.5. The predicted octanol–water partition coefficient (Wildman–Crippen LogP) is 4.30. The van der Waals surface area contributed by atoms with E-state index in [1.54, 1.807) is 29.1 Å². The van der Waals surface area contributed by atoms with Crippen LogP contribution < -0.4 is 5.56 Å². The van der Waals surface area contributed by atoms with Crippen LogP contribution in [0, 0.1) is 11.3 Å². The Kier molecular flexibility index (Phi) is 5.35. The van der Waals surface area contributed by atoms with Gasteiger partial charge in [0.05, 0.1) is 30.2 Å².